The molecule has 0 aromatic heterocycles. The molecule has 5 rings (SSSR count). The second-order valence-electron chi connectivity index (χ2n) is 9.05. The number of rotatable bonds is 5. The lowest BCUT2D eigenvalue weighted by Gasteiger charge is -2.46. The lowest BCUT2D eigenvalue weighted by Crippen LogP contribution is -2.66. The molecule has 178 valence electrons. The van der Waals surface area contributed by atoms with Gasteiger partial charge in [0.25, 0.3) is 5.91 Å². The second-order valence-corrected chi connectivity index (χ2v) is 9.05. The summed E-state index contributed by atoms with van der Waals surface area (Å²) in [4.78, 5) is 42.1. The van der Waals surface area contributed by atoms with E-state index >= 15 is 0 Å². The summed E-state index contributed by atoms with van der Waals surface area (Å²) < 4.78 is 32.5. The maximum absolute atomic E-state index is 13.4. The number of amides is 3. The van der Waals surface area contributed by atoms with E-state index in [1.165, 1.54) is 36.4 Å². The van der Waals surface area contributed by atoms with Crippen molar-refractivity contribution in [1.82, 2.24) is 15.1 Å². The second kappa shape index (κ2) is 9.13. The summed E-state index contributed by atoms with van der Waals surface area (Å²) in [5, 5.41) is 2.88. The van der Waals surface area contributed by atoms with Crippen LogP contribution in [0.2, 0.25) is 0 Å². The van der Waals surface area contributed by atoms with Gasteiger partial charge < -0.3 is 19.9 Å². The molecule has 9 heteroatoms. The van der Waals surface area contributed by atoms with Gasteiger partial charge in [0, 0.05) is 31.1 Å². The molecule has 2 aromatic carbocycles. The number of piperidine rings is 1. The molecule has 3 saturated heterocycles. The third-order valence-corrected chi connectivity index (χ3v) is 6.82. The van der Waals surface area contributed by atoms with Gasteiger partial charge in [-0.25, -0.2) is 8.78 Å². The van der Waals surface area contributed by atoms with Gasteiger partial charge in [0.1, 0.15) is 23.7 Å². The largest absolute Gasteiger partial charge is 0.372 e. The fourth-order valence-electron chi connectivity index (χ4n) is 5.07. The fourth-order valence-corrected chi connectivity index (χ4v) is 5.07. The zero-order valence-corrected chi connectivity index (χ0v) is 18.5. The Morgan fingerprint density at radius 2 is 1.71 bits per heavy atom. The Morgan fingerprint density at radius 1 is 0.971 bits per heavy atom. The molecule has 3 amide bonds. The number of benzene rings is 2. The van der Waals surface area contributed by atoms with Crippen LogP contribution < -0.4 is 5.32 Å². The van der Waals surface area contributed by atoms with E-state index in [0.717, 1.165) is 5.56 Å². The van der Waals surface area contributed by atoms with Gasteiger partial charge in [0.05, 0.1) is 12.7 Å². The number of halogens is 2. The highest BCUT2D eigenvalue weighted by Gasteiger charge is 2.52. The smallest absolute Gasteiger partial charge is 0.251 e. The molecule has 0 saturated carbocycles. The molecule has 3 aliphatic rings. The van der Waals surface area contributed by atoms with Crippen molar-refractivity contribution in [3.63, 3.8) is 0 Å². The first-order chi connectivity index (χ1) is 16.4. The minimum absolute atomic E-state index is 0.0904. The fraction of sp³-hybridized carbons (Fsp3) is 0.400. The first-order valence-electron chi connectivity index (χ1n) is 11.4. The molecule has 3 heterocycles. The Morgan fingerprint density at radius 3 is 2.47 bits per heavy atom. The summed E-state index contributed by atoms with van der Waals surface area (Å²) >= 11 is 0. The summed E-state index contributed by atoms with van der Waals surface area (Å²) in [6.07, 6.45) is 0.978. The number of hydrogen-bond donors (Lipinski definition) is 1. The summed E-state index contributed by atoms with van der Waals surface area (Å²) in [6, 6.07) is 9.99. The van der Waals surface area contributed by atoms with Gasteiger partial charge in [0.15, 0.2) is 0 Å². The van der Waals surface area contributed by atoms with E-state index < -0.39 is 23.8 Å². The Bertz CT molecular complexity index is 1110. The normalized spacial score (nSPS) is 26.3. The molecule has 3 fully saturated rings. The summed E-state index contributed by atoms with van der Waals surface area (Å²) in [5.74, 6) is -1.44. The van der Waals surface area contributed by atoms with Crippen LogP contribution >= 0.6 is 0 Å². The van der Waals surface area contributed by atoms with E-state index in [1.54, 1.807) is 21.9 Å². The monoisotopic (exact) mass is 469 g/mol. The highest BCUT2D eigenvalue weighted by atomic mass is 19.1. The molecule has 0 spiro atoms. The molecule has 1 N–H and O–H groups in total. The van der Waals surface area contributed by atoms with Crippen LogP contribution in [0.4, 0.5) is 8.78 Å². The molecule has 0 radical (unpaired) electrons. The van der Waals surface area contributed by atoms with Crippen LogP contribution in [0.5, 0.6) is 0 Å². The maximum atomic E-state index is 13.4. The molecule has 4 unspecified atom stereocenters. The quantitative estimate of drug-likeness (QED) is 0.729. The number of carbonyl (C=O) groups excluding carboxylic acids is 3. The average molecular weight is 469 g/mol. The van der Waals surface area contributed by atoms with E-state index in [2.05, 4.69) is 5.32 Å². The van der Waals surface area contributed by atoms with Gasteiger partial charge in [-0.05, 0) is 48.7 Å². The third kappa shape index (κ3) is 4.40. The number of piperazine rings is 1. The maximum Gasteiger partial charge on any atom is 0.251 e. The van der Waals surface area contributed by atoms with Crippen LogP contribution in [0, 0.1) is 11.6 Å². The lowest BCUT2D eigenvalue weighted by molar-refractivity contribution is -0.161. The van der Waals surface area contributed by atoms with Crippen LogP contribution in [0.15, 0.2) is 48.5 Å². The van der Waals surface area contributed by atoms with Crippen LogP contribution in [0.3, 0.4) is 0 Å². The van der Waals surface area contributed by atoms with Crippen LogP contribution in [-0.2, 0) is 20.9 Å². The van der Waals surface area contributed by atoms with Gasteiger partial charge in [-0.15, -0.1) is 0 Å². The summed E-state index contributed by atoms with van der Waals surface area (Å²) in [6.45, 7) is 0.963. The van der Waals surface area contributed by atoms with E-state index in [4.69, 9.17) is 4.74 Å². The van der Waals surface area contributed by atoms with Crippen molar-refractivity contribution in [2.24, 2.45) is 0 Å². The Kier molecular flexibility index (Phi) is 6.03. The zero-order valence-electron chi connectivity index (χ0n) is 18.5. The van der Waals surface area contributed by atoms with E-state index in [0.29, 0.717) is 32.4 Å². The Hall–Kier alpha value is -3.33. The summed E-state index contributed by atoms with van der Waals surface area (Å²) in [5.41, 5.74) is 1.03. The van der Waals surface area contributed by atoms with E-state index in [1.807, 2.05) is 0 Å². The molecule has 7 nitrogen and oxygen atoms in total. The zero-order chi connectivity index (χ0) is 23.8. The van der Waals surface area contributed by atoms with E-state index in [9.17, 15) is 23.2 Å². The van der Waals surface area contributed by atoms with Crippen molar-refractivity contribution in [2.45, 2.75) is 50.1 Å². The standard InChI is InChI=1S/C25H25F2N3O4/c26-17-6-4-15(5-7-17)14-34-20-12-22-24(32)29-9-8-19(11-21(29)25(33)30(22)13-20)28-23(31)16-2-1-3-18(27)10-16/h1-7,10,19-22H,8-9,11-14H2,(H,28,31). The minimum atomic E-state index is -0.633. The van der Waals surface area contributed by atoms with Crippen molar-refractivity contribution < 1.29 is 27.9 Å². The van der Waals surface area contributed by atoms with Gasteiger partial charge >= 0.3 is 0 Å². The van der Waals surface area contributed by atoms with Gasteiger partial charge in [-0.2, -0.15) is 0 Å². The van der Waals surface area contributed by atoms with Crippen molar-refractivity contribution in [3.8, 4) is 0 Å². The van der Waals surface area contributed by atoms with Crippen LogP contribution in [0.25, 0.3) is 0 Å². The number of ether oxygens (including phenoxy) is 1. The summed E-state index contributed by atoms with van der Waals surface area (Å²) in [7, 11) is 0. The highest BCUT2D eigenvalue weighted by Crippen LogP contribution is 2.33. The first kappa shape index (κ1) is 22.5. The predicted octanol–water partition coefficient (Wildman–Crippen LogP) is 2.25. The molecule has 2 aromatic rings. The number of carbonyl (C=O) groups is 3. The molecule has 34 heavy (non-hydrogen) atoms. The lowest BCUT2D eigenvalue weighted by atomic mass is 9.92. The van der Waals surface area contributed by atoms with Crippen molar-refractivity contribution >= 4 is 17.7 Å². The number of fused-ring (bicyclic) bond motifs is 2. The Balaban J connectivity index is 1.21. The third-order valence-electron chi connectivity index (χ3n) is 6.82. The van der Waals surface area contributed by atoms with Crippen LogP contribution in [0.1, 0.15) is 35.2 Å². The minimum Gasteiger partial charge on any atom is -0.372 e. The SMILES string of the molecule is O=C(NC1CCN2C(=O)C3CC(OCc4ccc(F)cc4)CN3C(=O)C2C1)c1cccc(F)c1. The average Bonchev–Trinajstić information content (AvgIpc) is 3.27. The molecule has 3 aliphatic heterocycles. The van der Waals surface area contributed by atoms with Gasteiger partial charge in [-0.1, -0.05) is 18.2 Å². The van der Waals surface area contributed by atoms with Gasteiger partial charge in [-0.3, -0.25) is 14.4 Å². The molecular weight excluding hydrogens is 444 g/mol. The highest BCUT2D eigenvalue weighted by molar-refractivity contribution is 5.98. The number of hydrogen-bond acceptors (Lipinski definition) is 4. The first-order valence-corrected chi connectivity index (χ1v) is 11.4. The van der Waals surface area contributed by atoms with Crippen molar-refractivity contribution in [1.29, 1.82) is 0 Å². The van der Waals surface area contributed by atoms with Crippen molar-refractivity contribution in [3.05, 3.63) is 71.3 Å². The van der Waals surface area contributed by atoms with Crippen molar-refractivity contribution in [2.75, 3.05) is 13.1 Å². The number of nitrogens with one attached hydrogen (secondary N) is 1. The number of nitrogens with zero attached hydrogens (tertiary/aromatic N) is 2. The molecule has 0 aliphatic carbocycles. The van der Waals surface area contributed by atoms with Crippen LogP contribution in [-0.4, -0.2) is 64.8 Å². The molecule has 4 atom stereocenters. The van der Waals surface area contributed by atoms with Gasteiger partial charge in [0.2, 0.25) is 11.8 Å². The van der Waals surface area contributed by atoms with E-state index in [-0.39, 0.29) is 41.9 Å². The predicted molar refractivity (Wildman–Crippen MR) is 117 cm³/mol. The Labute approximate surface area is 195 Å². The molecular formula is C25H25F2N3O4. The topological polar surface area (TPSA) is 79.0 Å². The molecule has 0 bridgehead atoms.